The minimum Gasteiger partial charge on any atom is -0.376 e. The van der Waals surface area contributed by atoms with Gasteiger partial charge in [0.1, 0.15) is 0 Å². The van der Waals surface area contributed by atoms with Crippen molar-refractivity contribution in [3.05, 3.63) is 0 Å². The summed E-state index contributed by atoms with van der Waals surface area (Å²) in [5.74, 6) is 0.899. The van der Waals surface area contributed by atoms with Crippen molar-refractivity contribution in [1.82, 2.24) is 5.32 Å². The number of hydrogen-bond acceptors (Lipinski definition) is 2. The molecule has 2 aliphatic heterocycles. The first kappa shape index (κ1) is 4.77. The lowest BCUT2D eigenvalue weighted by Crippen LogP contribution is -2.51. The van der Waals surface area contributed by atoms with Crippen LogP contribution in [-0.2, 0) is 4.74 Å². The highest BCUT2D eigenvalue weighted by Gasteiger charge is 2.33. The van der Waals surface area contributed by atoms with Gasteiger partial charge in [-0.1, -0.05) is 0 Å². The van der Waals surface area contributed by atoms with E-state index in [4.69, 9.17) is 4.74 Å². The Morgan fingerprint density at radius 3 is 2.88 bits per heavy atom. The zero-order chi connectivity index (χ0) is 5.40. The Hall–Kier alpha value is -0.0800. The molecular weight excluding hydrogens is 102 g/mol. The molecule has 2 atom stereocenters. The van der Waals surface area contributed by atoms with E-state index in [1.165, 1.54) is 13.0 Å². The molecule has 0 aliphatic carbocycles. The highest BCUT2D eigenvalue weighted by molar-refractivity contribution is 4.84. The van der Waals surface area contributed by atoms with Gasteiger partial charge in [-0.2, -0.15) is 0 Å². The maximum Gasteiger partial charge on any atom is 0.0750 e. The molecular formula is C6H11NO. The first-order valence-electron chi connectivity index (χ1n) is 3.29. The fraction of sp³-hybridized carbons (Fsp3) is 1.00. The first-order valence-corrected chi connectivity index (χ1v) is 3.29. The Morgan fingerprint density at radius 1 is 1.50 bits per heavy atom. The SMILES string of the molecule is C1C[C@@H]2CO[C@@H]2CN1. The second kappa shape index (κ2) is 1.71. The van der Waals surface area contributed by atoms with Crippen LogP contribution in [0.25, 0.3) is 0 Å². The molecule has 0 bridgehead atoms. The van der Waals surface area contributed by atoms with Gasteiger partial charge in [-0.3, -0.25) is 0 Å². The third-order valence-electron chi connectivity index (χ3n) is 2.09. The number of nitrogens with one attached hydrogen (secondary N) is 1. The molecule has 0 saturated carbocycles. The predicted molar refractivity (Wildman–Crippen MR) is 30.7 cm³/mol. The van der Waals surface area contributed by atoms with E-state index in [9.17, 15) is 0 Å². The Labute approximate surface area is 49.2 Å². The Bertz CT molecular complexity index is 82.5. The Balaban J connectivity index is 1.92. The number of ether oxygens (including phenoxy) is 1. The zero-order valence-electron chi connectivity index (χ0n) is 4.89. The minimum atomic E-state index is 0.573. The van der Waals surface area contributed by atoms with E-state index in [0.717, 1.165) is 19.1 Å². The summed E-state index contributed by atoms with van der Waals surface area (Å²) in [5.41, 5.74) is 0. The van der Waals surface area contributed by atoms with E-state index in [1.807, 2.05) is 0 Å². The van der Waals surface area contributed by atoms with Crippen LogP contribution in [0.15, 0.2) is 0 Å². The molecule has 2 fully saturated rings. The second-order valence-corrected chi connectivity index (χ2v) is 2.62. The zero-order valence-corrected chi connectivity index (χ0v) is 4.89. The average molecular weight is 113 g/mol. The summed E-state index contributed by atoms with van der Waals surface area (Å²) in [6.07, 6.45) is 1.90. The van der Waals surface area contributed by atoms with E-state index in [0.29, 0.717) is 6.10 Å². The van der Waals surface area contributed by atoms with Crippen molar-refractivity contribution in [2.75, 3.05) is 19.7 Å². The van der Waals surface area contributed by atoms with Crippen LogP contribution in [0.4, 0.5) is 0 Å². The largest absolute Gasteiger partial charge is 0.376 e. The van der Waals surface area contributed by atoms with Crippen LogP contribution < -0.4 is 5.32 Å². The van der Waals surface area contributed by atoms with Crippen molar-refractivity contribution in [3.63, 3.8) is 0 Å². The fourth-order valence-electron chi connectivity index (χ4n) is 1.39. The predicted octanol–water partition coefficient (Wildman–Crippen LogP) is -0.00530. The van der Waals surface area contributed by atoms with Crippen LogP contribution in [0.3, 0.4) is 0 Å². The minimum absolute atomic E-state index is 0.573. The molecule has 0 radical (unpaired) electrons. The molecule has 0 aromatic carbocycles. The summed E-state index contributed by atoms with van der Waals surface area (Å²) in [4.78, 5) is 0. The summed E-state index contributed by atoms with van der Waals surface area (Å²) < 4.78 is 5.27. The fourth-order valence-corrected chi connectivity index (χ4v) is 1.39. The average Bonchev–Trinajstić information content (AvgIpc) is 1.72. The van der Waals surface area contributed by atoms with Crippen molar-refractivity contribution in [2.45, 2.75) is 12.5 Å². The van der Waals surface area contributed by atoms with Gasteiger partial charge in [0.2, 0.25) is 0 Å². The number of hydrogen-bond donors (Lipinski definition) is 1. The van der Waals surface area contributed by atoms with E-state index in [2.05, 4.69) is 5.32 Å². The number of rotatable bonds is 0. The monoisotopic (exact) mass is 113 g/mol. The Kier molecular flexibility index (Phi) is 1.02. The summed E-state index contributed by atoms with van der Waals surface area (Å²) in [6.45, 7) is 3.31. The van der Waals surface area contributed by atoms with Gasteiger partial charge < -0.3 is 10.1 Å². The van der Waals surface area contributed by atoms with E-state index in [1.54, 1.807) is 0 Å². The lowest BCUT2D eigenvalue weighted by molar-refractivity contribution is -0.125. The lowest BCUT2D eigenvalue weighted by atomic mass is 9.91. The number of piperidine rings is 1. The van der Waals surface area contributed by atoms with Crippen molar-refractivity contribution in [3.8, 4) is 0 Å². The molecule has 1 N–H and O–H groups in total. The van der Waals surface area contributed by atoms with Gasteiger partial charge in [-0.05, 0) is 13.0 Å². The molecule has 2 rings (SSSR count). The van der Waals surface area contributed by atoms with E-state index < -0.39 is 0 Å². The van der Waals surface area contributed by atoms with Crippen LogP contribution in [0.2, 0.25) is 0 Å². The Morgan fingerprint density at radius 2 is 2.50 bits per heavy atom. The van der Waals surface area contributed by atoms with Crippen LogP contribution in [0, 0.1) is 5.92 Å². The molecule has 2 nitrogen and oxygen atoms in total. The third kappa shape index (κ3) is 0.565. The molecule has 0 unspecified atom stereocenters. The van der Waals surface area contributed by atoms with Crippen LogP contribution >= 0.6 is 0 Å². The molecule has 2 aliphatic rings. The third-order valence-corrected chi connectivity index (χ3v) is 2.09. The number of fused-ring (bicyclic) bond motifs is 1. The van der Waals surface area contributed by atoms with Gasteiger partial charge in [0.25, 0.3) is 0 Å². The second-order valence-electron chi connectivity index (χ2n) is 2.62. The molecule has 2 heterocycles. The van der Waals surface area contributed by atoms with E-state index in [-0.39, 0.29) is 0 Å². The molecule has 0 aromatic heterocycles. The van der Waals surface area contributed by atoms with Gasteiger partial charge in [-0.25, -0.2) is 0 Å². The van der Waals surface area contributed by atoms with Gasteiger partial charge in [0.05, 0.1) is 12.7 Å². The normalized spacial score (nSPS) is 45.0. The van der Waals surface area contributed by atoms with Crippen molar-refractivity contribution in [2.24, 2.45) is 5.92 Å². The van der Waals surface area contributed by atoms with Crippen LogP contribution in [-0.4, -0.2) is 25.8 Å². The van der Waals surface area contributed by atoms with Gasteiger partial charge in [-0.15, -0.1) is 0 Å². The highest BCUT2D eigenvalue weighted by atomic mass is 16.5. The summed E-state index contributed by atoms with van der Waals surface area (Å²) in [5, 5.41) is 3.29. The molecule has 46 valence electrons. The first-order chi connectivity index (χ1) is 3.97. The topological polar surface area (TPSA) is 21.3 Å². The lowest BCUT2D eigenvalue weighted by Gasteiger charge is -2.40. The van der Waals surface area contributed by atoms with Crippen LogP contribution in [0.1, 0.15) is 6.42 Å². The van der Waals surface area contributed by atoms with Crippen molar-refractivity contribution in [1.29, 1.82) is 0 Å². The van der Waals surface area contributed by atoms with Crippen molar-refractivity contribution < 1.29 is 4.74 Å². The smallest absolute Gasteiger partial charge is 0.0750 e. The molecule has 0 aromatic rings. The standard InChI is InChI=1S/C6H11NO/c1-2-7-3-6-5(1)4-8-6/h5-7H,1-4H2/t5-,6-/m1/s1. The van der Waals surface area contributed by atoms with Crippen molar-refractivity contribution >= 4 is 0 Å². The molecule has 8 heavy (non-hydrogen) atoms. The summed E-state index contributed by atoms with van der Waals surface area (Å²) >= 11 is 0. The molecule has 0 spiro atoms. The maximum absolute atomic E-state index is 5.27. The molecule has 2 saturated heterocycles. The quantitative estimate of drug-likeness (QED) is 0.477. The maximum atomic E-state index is 5.27. The highest BCUT2D eigenvalue weighted by Crippen LogP contribution is 2.24. The van der Waals surface area contributed by atoms with Gasteiger partial charge in [0.15, 0.2) is 0 Å². The van der Waals surface area contributed by atoms with Gasteiger partial charge >= 0.3 is 0 Å². The molecule has 2 heteroatoms. The molecule has 0 amide bonds. The van der Waals surface area contributed by atoms with E-state index >= 15 is 0 Å². The summed E-state index contributed by atoms with van der Waals surface area (Å²) in [7, 11) is 0. The van der Waals surface area contributed by atoms with Crippen LogP contribution in [0.5, 0.6) is 0 Å². The van der Waals surface area contributed by atoms with Gasteiger partial charge in [0, 0.05) is 12.5 Å². The summed E-state index contributed by atoms with van der Waals surface area (Å²) in [6, 6.07) is 0.